The Hall–Kier alpha value is -0.755. The third kappa shape index (κ3) is 7.35. The van der Waals surface area contributed by atoms with Crippen LogP contribution in [0, 0.1) is 0 Å². The fraction of sp³-hybridized carbons (Fsp3) is 0.400. The van der Waals surface area contributed by atoms with E-state index in [2.05, 4.69) is 19.2 Å². The van der Waals surface area contributed by atoms with Gasteiger partial charge >= 0.3 is 0 Å². The largest absolute Gasteiger partial charge is 0.317 e. The lowest BCUT2D eigenvalue weighted by atomic mass is 9.97. The van der Waals surface area contributed by atoms with Crippen LogP contribution in [0.1, 0.15) is 13.8 Å². The Morgan fingerprint density at radius 1 is 1.08 bits per heavy atom. The van der Waals surface area contributed by atoms with Crippen LogP contribution in [0.25, 0.3) is 0 Å². The first kappa shape index (κ1) is 11.2. The zero-order valence-electron chi connectivity index (χ0n) is 7.88. The highest BCUT2D eigenvalue weighted by atomic mass is 14.8. The molecule has 0 spiro atoms. The second-order valence-electron chi connectivity index (χ2n) is 2.37. The second kappa shape index (κ2) is 8.34. The summed E-state index contributed by atoms with van der Waals surface area (Å²) in [5.74, 6) is 0. The summed E-state index contributed by atoms with van der Waals surface area (Å²) in [5, 5.41) is 3.11. The van der Waals surface area contributed by atoms with E-state index >= 15 is 0 Å². The number of nitrogens with one attached hydrogen (secondary N) is 1. The number of rotatable bonds is 2. The van der Waals surface area contributed by atoms with Crippen LogP contribution in [-0.4, -0.2) is 20.9 Å². The maximum atomic E-state index is 5.36. The molecular weight excluding hydrogens is 145 g/mol. The third-order valence-corrected chi connectivity index (χ3v) is 1.30. The van der Waals surface area contributed by atoms with Crippen LogP contribution in [0.15, 0.2) is 30.3 Å². The highest BCUT2D eigenvalue weighted by molar-refractivity contribution is 6.32. The van der Waals surface area contributed by atoms with E-state index in [1.54, 1.807) is 0 Å². The number of benzene rings is 1. The summed E-state index contributed by atoms with van der Waals surface area (Å²) < 4.78 is 0. The number of hydrogen-bond donors (Lipinski definition) is 1. The lowest BCUT2D eigenvalue weighted by Crippen LogP contribution is -2.09. The van der Waals surface area contributed by atoms with Gasteiger partial charge in [-0.25, -0.2) is 0 Å². The zero-order valence-corrected chi connectivity index (χ0v) is 7.88. The average Bonchev–Trinajstić information content (AvgIpc) is 2.08. The molecule has 0 fully saturated rings. The molecule has 0 heterocycles. The molecule has 0 aliphatic carbocycles. The van der Waals surface area contributed by atoms with Crippen molar-refractivity contribution in [3.05, 3.63) is 30.3 Å². The van der Waals surface area contributed by atoms with E-state index in [0.717, 1.165) is 18.6 Å². The van der Waals surface area contributed by atoms with Gasteiger partial charge in [0, 0.05) is 0 Å². The van der Waals surface area contributed by atoms with Crippen LogP contribution < -0.4 is 10.8 Å². The SMILES string of the molecule is CCNCC.[B]c1ccccc1. The Balaban J connectivity index is 0.000000217. The van der Waals surface area contributed by atoms with Crippen molar-refractivity contribution in [2.75, 3.05) is 13.1 Å². The van der Waals surface area contributed by atoms with E-state index in [1.165, 1.54) is 0 Å². The predicted molar refractivity (Wildman–Crippen MR) is 56.0 cm³/mol. The van der Waals surface area contributed by atoms with Crippen LogP contribution in [0.4, 0.5) is 0 Å². The molecule has 64 valence electrons. The molecule has 0 amide bonds. The smallest absolute Gasteiger partial charge is 0.113 e. The van der Waals surface area contributed by atoms with Crippen molar-refractivity contribution >= 4 is 13.3 Å². The van der Waals surface area contributed by atoms with Crippen LogP contribution in [-0.2, 0) is 0 Å². The van der Waals surface area contributed by atoms with Gasteiger partial charge in [0.05, 0.1) is 0 Å². The van der Waals surface area contributed by atoms with Crippen molar-refractivity contribution in [2.24, 2.45) is 0 Å². The molecule has 1 N–H and O–H groups in total. The van der Waals surface area contributed by atoms with Gasteiger partial charge in [0.1, 0.15) is 7.85 Å². The molecule has 1 aromatic rings. The summed E-state index contributed by atoms with van der Waals surface area (Å²) >= 11 is 0. The van der Waals surface area contributed by atoms with Crippen LogP contribution in [0.5, 0.6) is 0 Å². The average molecular weight is 161 g/mol. The topological polar surface area (TPSA) is 12.0 Å². The van der Waals surface area contributed by atoms with Gasteiger partial charge in [-0.05, 0) is 13.1 Å². The molecule has 0 aliphatic heterocycles. The van der Waals surface area contributed by atoms with Gasteiger partial charge in [-0.3, -0.25) is 0 Å². The van der Waals surface area contributed by atoms with Crippen molar-refractivity contribution < 1.29 is 0 Å². The molecular formula is C10H16BN. The van der Waals surface area contributed by atoms with Gasteiger partial charge in [-0.2, -0.15) is 0 Å². The van der Waals surface area contributed by atoms with E-state index in [0.29, 0.717) is 0 Å². The maximum Gasteiger partial charge on any atom is 0.113 e. The summed E-state index contributed by atoms with van der Waals surface area (Å²) in [5.41, 5.74) is 0.822. The van der Waals surface area contributed by atoms with Gasteiger partial charge in [0.25, 0.3) is 0 Å². The monoisotopic (exact) mass is 161 g/mol. The summed E-state index contributed by atoms with van der Waals surface area (Å²) in [4.78, 5) is 0. The molecule has 1 nitrogen and oxygen atoms in total. The second-order valence-corrected chi connectivity index (χ2v) is 2.37. The molecule has 0 saturated carbocycles. The van der Waals surface area contributed by atoms with Gasteiger partial charge in [0.2, 0.25) is 0 Å². The van der Waals surface area contributed by atoms with Gasteiger partial charge in [-0.1, -0.05) is 49.6 Å². The van der Waals surface area contributed by atoms with Crippen molar-refractivity contribution in [2.45, 2.75) is 13.8 Å². The minimum absolute atomic E-state index is 0.822. The third-order valence-electron chi connectivity index (χ3n) is 1.30. The fourth-order valence-corrected chi connectivity index (χ4v) is 0.703. The minimum Gasteiger partial charge on any atom is -0.317 e. The first-order valence-electron chi connectivity index (χ1n) is 4.32. The highest BCUT2D eigenvalue weighted by Crippen LogP contribution is 1.76. The predicted octanol–water partition coefficient (Wildman–Crippen LogP) is 1.10. The van der Waals surface area contributed by atoms with Crippen molar-refractivity contribution in [1.29, 1.82) is 0 Å². The van der Waals surface area contributed by atoms with E-state index in [1.807, 2.05) is 30.3 Å². The summed E-state index contributed by atoms with van der Waals surface area (Å²) in [6.07, 6.45) is 0. The van der Waals surface area contributed by atoms with Crippen LogP contribution in [0.3, 0.4) is 0 Å². The molecule has 2 heteroatoms. The quantitative estimate of drug-likeness (QED) is 0.640. The molecule has 0 aliphatic rings. The molecule has 0 aromatic heterocycles. The Labute approximate surface area is 76.6 Å². The van der Waals surface area contributed by atoms with Gasteiger partial charge < -0.3 is 5.32 Å². The van der Waals surface area contributed by atoms with Crippen LogP contribution in [0.2, 0.25) is 0 Å². The van der Waals surface area contributed by atoms with Crippen LogP contribution >= 0.6 is 0 Å². The van der Waals surface area contributed by atoms with Crippen molar-refractivity contribution in [1.82, 2.24) is 5.32 Å². The lowest BCUT2D eigenvalue weighted by molar-refractivity contribution is 0.762. The van der Waals surface area contributed by atoms with E-state index in [9.17, 15) is 0 Å². The lowest BCUT2D eigenvalue weighted by Gasteiger charge is -1.86. The molecule has 0 saturated heterocycles. The first-order valence-corrected chi connectivity index (χ1v) is 4.32. The Morgan fingerprint density at radius 3 is 1.75 bits per heavy atom. The molecule has 0 atom stereocenters. The Morgan fingerprint density at radius 2 is 1.58 bits per heavy atom. The molecule has 1 rings (SSSR count). The Kier molecular flexibility index (Phi) is 7.82. The van der Waals surface area contributed by atoms with Gasteiger partial charge in [0.15, 0.2) is 0 Å². The number of hydrogen-bond acceptors (Lipinski definition) is 1. The zero-order chi connectivity index (χ0) is 9.23. The van der Waals surface area contributed by atoms with E-state index < -0.39 is 0 Å². The van der Waals surface area contributed by atoms with E-state index in [-0.39, 0.29) is 0 Å². The highest BCUT2D eigenvalue weighted by Gasteiger charge is 1.72. The first-order chi connectivity index (χ1) is 5.81. The fourth-order valence-electron chi connectivity index (χ4n) is 0.703. The molecule has 1 aromatic carbocycles. The van der Waals surface area contributed by atoms with Crippen molar-refractivity contribution in [3.63, 3.8) is 0 Å². The minimum atomic E-state index is 0.822. The van der Waals surface area contributed by atoms with Crippen molar-refractivity contribution in [3.8, 4) is 0 Å². The molecule has 0 bridgehead atoms. The summed E-state index contributed by atoms with van der Waals surface area (Å²) in [6, 6.07) is 9.49. The Bertz CT molecular complexity index is 172. The summed E-state index contributed by atoms with van der Waals surface area (Å²) in [6.45, 7) is 6.39. The standard InChI is InChI=1S/C6H5B.C4H11N/c7-6-4-2-1-3-5-6;1-3-5-4-2/h1-5H;5H,3-4H2,1-2H3. The van der Waals surface area contributed by atoms with E-state index in [4.69, 9.17) is 7.85 Å². The normalized spacial score (nSPS) is 8.50. The molecule has 12 heavy (non-hydrogen) atoms. The molecule has 2 radical (unpaired) electrons. The molecule has 0 unspecified atom stereocenters. The maximum absolute atomic E-state index is 5.36. The summed E-state index contributed by atoms with van der Waals surface area (Å²) in [7, 11) is 5.36. The van der Waals surface area contributed by atoms with Gasteiger partial charge in [-0.15, -0.1) is 0 Å².